The molecule has 8 nitrogen and oxygen atoms in total. The summed E-state index contributed by atoms with van der Waals surface area (Å²) >= 11 is 0. The van der Waals surface area contributed by atoms with Gasteiger partial charge in [0.15, 0.2) is 46.4 Å². The minimum Gasteiger partial charge on any atom is -0.477 e. The Morgan fingerprint density at radius 2 is 0.736 bits per heavy atom. The number of carbonyl (C=O) groups excluding carboxylic acids is 2. The molecule has 0 radical (unpaired) electrons. The van der Waals surface area contributed by atoms with Gasteiger partial charge in [-0.2, -0.15) is 0 Å². The van der Waals surface area contributed by atoms with Crippen LogP contribution in [0.2, 0.25) is 0 Å². The fourth-order valence-electron chi connectivity index (χ4n) is 12.6. The van der Waals surface area contributed by atoms with E-state index >= 15 is 9.59 Å². The number of hydrogen-bond acceptors (Lipinski definition) is 8. The third-order valence-electron chi connectivity index (χ3n) is 17.2. The second-order valence-corrected chi connectivity index (χ2v) is 28.5. The quantitative estimate of drug-likeness (QED) is 0.172. The summed E-state index contributed by atoms with van der Waals surface area (Å²) < 4.78 is 45.0. The van der Waals surface area contributed by atoms with Gasteiger partial charge in [-0.3, -0.25) is 9.59 Å². The van der Waals surface area contributed by atoms with Crippen LogP contribution in [0.25, 0.3) is 0 Å². The van der Waals surface area contributed by atoms with E-state index in [4.69, 9.17) is 28.4 Å². The van der Waals surface area contributed by atoms with Crippen LogP contribution >= 0.6 is 0 Å². The Balaban J connectivity index is 1.21. The predicted octanol–water partition coefficient (Wildman–Crippen LogP) is 13.3. The van der Waals surface area contributed by atoms with Crippen molar-refractivity contribution in [1.82, 2.24) is 0 Å². The zero-order chi connectivity index (χ0) is 52.1. The van der Waals surface area contributed by atoms with Crippen molar-refractivity contribution < 1.29 is 38.0 Å². The Hall–Kier alpha value is -5.50. The molecule has 5 heterocycles. The van der Waals surface area contributed by atoms with Gasteiger partial charge in [-0.15, -0.1) is 0 Å². The molecule has 0 saturated carbocycles. The number of ketones is 2. The van der Waals surface area contributed by atoms with E-state index in [1.54, 1.807) is 0 Å². The highest BCUT2D eigenvalue weighted by molar-refractivity contribution is 6.07. The van der Waals surface area contributed by atoms with E-state index in [-0.39, 0.29) is 58.9 Å². The minimum atomic E-state index is -1.54. The fraction of sp³-hybridized carbons (Fsp3) is 0.531. The molecule has 72 heavy (non-hydrogen) atoms. The number of carbonyl (C=O) groups is 2. The molecule has 8 heteroatoms. The lowest BCUT2D eigenvalue weighted by molar-refractivity contribution is -0.181. The molecule has 4 unspecified atom stereocenters. The second kappa shape index (κ2) is 14.6. The van der Waals surface area contributed by atoms with Crippen LogP contribution in [0.5, 0.6) is 34.5 Å². The molecule has 0 aromatic heterocycles. The highest BCUT2D eigenvalue weighted by Gasteiger charge is 2.72. The molecule has 2 aliphatic carbocycles. The number of benzene rings is 4. The van der Waals surface area contributed by atoms with Crippen LogP contribution in [0, 0.1) is 10.8 Å². The Labute approximate surface area is 428 Å². The maximum absolute atomic E-state index is 16.4. The number of fused-ring (bicyclic) bond motifs is 6. The van der Waals surface area contributed by atoms with E-state index in [2.05, 4.69) is 185 Å². The number of Topliss-reactive ketones (excluding diaryl/α,β-unsaturated/α-hetero) is 2. The smallest absolute Gasteiger partial charge is 0.216 e. The molecule has 4 aromatic rings. The minimum absolute atomic E-state index is 0.136. The molecule has 0 amide bonds. The lowest BCUT2D eigenvalue weighted by Gasteiger charge is -2.57. The molecule has 0 fully saturated rings. The second-order valence-electron chi connectivity index (χ2n) is 28.5. The summed E-state index contributed by atoms with van der Waals surface area (Å²) in [6, 6.07) is 21.2. The monoisotopic (exact) mass is 973 g/mol. The molecular weight excluding hydrogens is 897 g/mol. The molecule has 4 aromatic carbocycles. The van der Waals surface area contributed by atoms with Crippen molar-refractivity contribution in [3.8, 4) is 34.5 Å². The van der Waals surface area contributed by atoms with Gasteiger partial charge in [0.2, 0.25) is 22.8 Å². The molecular formula is C64H76O8. The first-order valence-corrected chi connectivity index (χ1v) is 26.3. The molecule has 7 aliphatic rings. The third-order valence-corrected chi connectivity index (χ3v) is 17.2. The lowest BCUT2D eigenvalue weighted by atomic mass is 9.60. The predicted molar refractivity (Wildman–Crippen MR) is 283 cm³/mol. The molecule has 6 bridgehead atoms. The van der Waals surface area contributed by atoms with E-state index in [1.807, 2.05) is 12.1 Å². The van der Waals surface area contributed by atoms with Crippen molar-refractivity contribution in [3.63, 3.8) is 0 Å². The number of rotatable bonds is 0. The van der Waals surface area contributed by atoms with Crippen LogP contribution in [-0.4, -0.2) is 46.2 Å². The normalized spacial score (nSPS) is 28.2. The fourth-order valence-corrected chi connectivity index (χ4v) is 12.6. The first-order chi connectivity index (χ1) is 33.1. The molecule has 380 valence electrons. The number of ether oxygens (including phenoxy) is 6. The van der Waals surface area contributed by atoms with Crippen molar-refractivity contribution in [2.45, 2.75) is 207 Å². The van der Waals surface area contributed by atoms with Gasteiger partial charge in [0.1, 0.15) is 11.5 Å². The van der Waals surface area contributed by atoms with E-state index in [9.17, 15) is 0 Å². The van der Waals surface area contributed by atoms with Gasteiger partial charge in [-0.1, -0.05) is 161 Å². The van der Waals surface area contributed by atoms with E-state index in [0.717, 1.165) is 44.5 Å². The number of hydrogen-bond donors (Lipinski definition) is 0. The SMILES string of the molecule is CC(C)(C)c1cc2c3c(c1)C[C@]1(O3)C(=O)C(=CC3(C(C)(C)C)Oc4ccc(C(C)(C)C)cc4OC31)Cc1cc(C(C)(C)C)cc3c1O[C@]1(C3)C(=O)C(=CC3(C(C)(C)C)Oc4ccc(C(C)(C)C)cc4OC31)C2. The van der Waals surface area contributed by atoms with Gasteiger partial charge in [0.05, 0.1) is 0 Å². The molecule has 6 atom stereocenters. The van der Waals surface area contributed by atoms with Crippen LogP contribution in [0.3, 0.4) is 0 Å². The maximum atomic E-state index is 16.4. The van der Waals surface area contributed by atoms with Crippen molar-refractivity contribution in [1.29, 1.82) is 0 Å². The van der Waals surface area contributed by atoms with Crippen LogP contribution in [-0.2, 0) is 56.9 Å². The third kappa shape index (κ3) is 6.87. The molecule has 0 saturated heterocycles. The van der Waals surface area contributed by atoms with Crippen LogP contribution < -0.4 is 28.4 Å². The Morgan fingerprint density at radius 1 is 0.403 bits per heavy atom. The van der Waals surface area contributed by atoms with Crippen molar-refractivity contribution in [2.24, 2.45) is 10.8 Å². The van der Waals surface area contributed by atoms with Gasteiger partial charge in [-0.05, 0) is 103 Å². The average Bonchev–Trinajstić information content (AvgIpc) is 3.85. The van der Waals surface area contributed by atoms with Gasteiger partial charge >= 0.3 is 0 Å². The highest BCUT2D eigenvalue weighted by atomic mass is 16.6. The zero-order valence-electron chi connectivity index (χ0n) is 46.2. The zero-order valence-corrected chi connectivity index (χ0v) is 46.2. The molecule has 5 aliphatic heterocycles. The molecule has 11 rings (SSSR count). The molecule has 0 N–H and O–H groups in total. The topological polar surface area (TPSA) is 89.5 Å². The van der Waals surface area contributed by atoms with E-state index < -0.39 is 45.4 Å². The average molecular weight is 973 g/mol. The Bertz CT molecular complexity index is 2900. The summed E-state index contributed by atoms with van der Waals surface area (Å²) in [7, 11) is 0. The van der Waals surface area contributed by atoms with Crippen LogP contribution in [0.15, 0.2) is 84.0 Å². The van der Waals surface area contributed by atoms with Gasteiger partial charge in [0.25, 0.3) is 0 Å². The standard InChI is InChI=1S/C64H76O8/c1-55(2,3)41-19-21-45-47(29-41)67-53-61-31-37-27-43(57(7,8)9)25-35(49(37)71-61)24-40-34-64(60(16,17)18)54(68-48-30-42(56(4,5)6)20-22-46(48)70-64)62(52(40)66)32-38-28-44(58(10,11)12)26-36(50(38)72-62)23-39(51(61)65)33-63(53,69-45)59(13,14)15/h19-22,25-30,33-34,53-54H,23-24,31-32H2,1-18H3/t53?,54?,61-,62+,63?,64?. The summed E-state index contributed by atoms with van der Waals surface area (Å²) in [4.78, 5) is 32.7. The highest BCUT2D eigenvalue weighted by Crippen LogP contribution is 2.61. The summed E-state index contributed by atoms with van der Waals surface area (Å²) in [5, 5.41) is 0. The lowest BCUT2D eigenvalue weighted by Crippen LogP contribution is -2.74. The Morgan fingerprint density at radius 3 is 1.06 bits per heavy atom. The van der Waals surface area contributed by atoms with E-state index in [0.29, 0.717) is 45.6 Å². The largest absolute Gasteiger partial charge is 0.477 e. The van der Waals surface area contributed by atoms with Gasteiger partial charge < -0.3 is 28.4 Å². The van der Waals surface area contributed by atoms with Crippen molar-refractivity contribution >= 4 is 11.6 Å². The Kier molecular flexibility index (Phi) is 9.90. The summed E-state index contributed by atoms with van der Waals surface area (Å²) in [6.45, 7) is 39.3. The van der Waals surface area contributed by atoms with Crippen LogP contribution in [0.4, 0.5) is 0 Å². The van der Waals surface area contributed by atoms with E-state index in [1.165, 1.54) is 0 Å². The van der Waals surface area contributed by atoms with Gasteiger partial charge in [0, 0.05) is 47.7 Å². The molecule has 2 spiro atoms. The van der Waals surface area contributed by atoms with Crippen LogP contribution in [0.1, 0.15) is 169 Å². The summed E-state index contributed by atoms with van der Waals surface area (Å²) in [5.41, 5.74) is 1.35. The van der Waals surface area contributed by atoms with Gasteiger partial charge in [-0.25, -0.2) is 0 Å². The first kappa shape index (κ1) is 48.8. The summed E-state index contributed by atoms with van der Waals surface area (Å²) in [5.74, 6) is 3.37. The van der Waals surface area contributed by atoms with Crippen molar-refractivity contribution in [2.75, 3.05) is 0 Å². The first-order valence-electron chi connectivity index (χ1n) is 26.3. The summed E-state index contributed by atoms with van der Waals surface area (Å²) in [6.07, 6.45) is 3.25. The van der Waals surface area contributed by atoms with Crippen molar-refractivity contribution in [3.05, 3.63) is 128 Å². The maximum Gasteiger partial charge on any atom is 0.216 e.